The van der Waals surface area contributed by atoms with Crippen molar-refractivity contribution in [3.05, 3.63) is 0 Å². The third-order valence-electron chi connectivity index (χ3n) is 0.137. The summed E-state index contributed by atoms with van der Waals surface area (Å²) in [6, 6.07) is 0. The van der Waals surface area contributed by atoms with E-state index in [1.165, 1.54) is 9.47 Å². The van der Waals surface area contributed by atoms with Crippen molar-refractivity contribution in [2.45, 2.75) is 0 Å². The predicted molar refractivity (Wildman–Crippen MR) is 25.1 cm³/mol. The Balaban J connectivity index is -0.0000000208. The Morgan fingerprint density at radius 2 is 1.62 bits per heavy atom. The molecule has 0 rings (SSSR count). The minimum absolute atomic E-state index is 0. The first-order valence-corrected chi connectivity index (χ1v) is 3.00. The van der Waals surface area contributed by atoms with Gasteiger partial charge in [0.1, 0.15) is 0 Å². The number of phosphoric acid groups is 1. The van der Waals surface area contributed by atoms with Crippen molar-refractivity contribution in [1.82, 2.24) is 0 Å². The standard InChI is InChI=1S/2K.H4O4P2.2H/c;;1-6(2,3)4-5;;/h;;5H2,(H2,1,2,3);;/q2*+1;;2*-1. The molecule has 0 aliphatic heterocycles. The Labute approximate surface area is 138 Å². The predicted octanol–water partition coefficient (Wildman–Crippen LogP) is -5.88. The molecule has 0 saturated heterocycles. The summed E-state index contributed by atoms with van der Waals surface area (Å²) in [6.45, 7) is 0. The molecule has 0 spiro atoms. The monoisotopic (exact) mass is 210 g/mol. The van der Waals surface area contributed by atoms with Crippen LogP contribution in [0.1, 0.15) is 2.85 Å². The van der Waals surface area contributed by atoms with Gasteiger partial charge in [0.25, 0.3) is 0 Å². The molecule has 8 heteroatoms. The van der Waals surface area contributed by atoms with Gasteiger partial charge in [-0.15, -0.1) is 0 Å². The van der Waals surface area contributed by atoms with Crippen molar-refractivity contribution in [3.8, 4) is 0 Å². The van der Waals surface area contributed by atoms with Crippen LogP contribution in [0.3, 0.4) is 0 Å². The molecule has 0 aliphatic rings. The van der Waals surface area contributed by atoms with E-state index in [1.807, 2.05) is 0 Å². The van der Waals surface area contributed by atoms with Crippen LogP contribution in [0.15, 0.2) is 0 Å². The van der Waals surface area contributed by atoms with E-state index in [-0.39, 0.29) is 106 Å². The van der Waals surface area contributed by atoms with Gasteiger partial charge < -0.3 is 12.6 Å². The largest absolute Gasteiger partial charge is 1.00 e. The van der Waals surface area contributed by atoms with Crippen molar-refractivity contribution in [1.29, 1.82) is 0 Å². The average molecular weight is 210 g/mol. The molecule has 2 N–H and O–H groups in total. The van der Waals surface area contributed by atoms with Gasteiger partial charge in [0.05, 0.1) is 0 Å². The third-order valence-corrected chi connectivity index (χ3v) is 1.24. The summed E-state index contributed by atoms with van der Waals surface area (Å²) in [7, 11) is -2.72. The van der Waals surface area contributed by atoms with Crippen molar-refractivity contribution in [2.75, 3.05) is 0 Å². The van der Waals surface area contributed by atoms with Gasteiger partial charge in [0.15, 0.2) is 0 Å². The minimum atomic E-state index is -4.18. The molecule has 0 aromatic carbocycles. The van der Waals surface area contributed by atoms with E-state index in [2.05, 4.69) is 4.31 Å². The Hall–Kier alpha value is 3.81. The Morgan fingerprint density at radius 1 is 1.50 bits per heavy atom. The summed E-state index contributed by atoms with van der Waals surface area (Å²) in [4.78, 5) is 15.4. The Bertz CT molecular complexity index is 83.3. The summed E-state index contributed by atoms with van der Waals surface area (Å²) < 4.78 is 13.0. The maximum Gasteiger partial charge on any atom is 1.00 e. The van der Waals surface area contributed by atoms with Gasteiger partial charge in [-0.2, -0.15) is 0 Å². The van der Waals surface area contributed by atoms with Gasteiger partial charge in [0.2, 0.25) is 0 Å². The second-order valence-corrected chi connectivity index (χ2v) is 2.42. The molecule has 0 heterocycles. The van der Waals surface area contributed by atoms with E-state index in [4.69, 9.17) is 9.79 Å². The first-order valence-electron chi connectivity index (χ1n) is 1.00. The molecule has 1 atom stereocenters. The first-order chi connectivity index (χ1) is 2.56. The van der Waals surface area contributed by atoms with E-state index < -0.39 is 7.82 Å². The summed E-state index contributed by atoms with van der Waals surface area (Å²) >= 11 is 0. The zero-order valence-corrected chi connectivity index (χ0v) is 13.0. The summed E-state index contributed by atoms with van der Waals surface area (Å²) in [5.74, 6) is 0. The normalized spacial score (nSPS) is 8.88. The van der Waals surface area contributed by atoms with E-state index in [9.17, 15) is 4.57 Å². The average Bonchev–Trinajstić information content (AvgIpc) is 1.35. The van der Waals surface area contributed by atoms with Gasteiger partial charge in [-0.05, 0) is 0 Å². The fraction of sp³-hybridized carbons (Fsp3) is 0. The summed E-state index contributed by atoms with van der Waals surface area (Å²) in [6.07, 6.45) is 0. The van der Waals surface area contributed by atoms with Crippen LogP contribution in [0.4, 0.5) is 0 Å². The van der Waals surface area contributed by atoms with Crippen LogP contribution in [0.2, 0.25) is 0 Å². The zero-order chi connectivity index (χ0) is 5.21. The quantitative estimate of drug-likeness (QED) is 0.334. The molecular formula is H6K2O4P2. The maximum absolute atomic E-state index is 9.45. The summed E-state index contributed by atoms with van der Waals surface area (Å²) in [5, 5.41) is 0. The van der Waals surface area contributed by atoms with Crippen LogP contribution in [0, 0.1) is 0 Å². The first kappa shape index (κ1) is 17.8. The van der Waals surface area contributed by atoms with Crippen molar-refractivity contribution in [2.24, 2.45) is 0 Å². The van der Waals surface area contributed by atoms with Crippen molar-refractivity contribution < 1.29 is 124 Å². The molecule has 0 bridgehead atoms. The van der Waals surface area contributed by atoms with E-state index in [1.54, 1.807) is 0 Å². The molecule has 0 radical (unpaired) electrons. The molecule has 0 aliphatic carbocycles. The Kier molecular flexibility index (Phi) is 19.8. The van der Waals surface area contributed by atoms with Crippen LogP contribution in [-0.4, -0.2) is 9.79 Å². The second-order valence-electron chi connectivity index (χ2n) is 0.596. The van der Waals surface area contributed by atoms with Gasteiger partial charge in [-0.1, -0.05) is 0 Å². The van der Waals surface area contributed by atoms with Crippen molar-refractivity contribution in [3.63, 3.8) is 0 Å². The van der Waals surface area contributed by atoms with Gasteiger partial charge >= 0.3 is 111 Å². The SMILES string of the molecule is O=P(O)(O)OP.[H-].[H-].[K+].[K+]. The maximum atomic E-state index is 9.45. The third kappa shape index (κ3) is 16.4. The topological polar surface area (TPSA) is 66.8 Å². The molecule has 8 heavy (non-hydrogen) atoms. The van der Waals surface area contributed by atoms with Crippen LogP contribution in [0.5, 0.6) is 0 Å². The van der Waals surface area contributed by atoms with Crippen molar-refractivity contribution >= 4 is 17.3 Å². The number of hydrogen-bond acceptors (Lipinski definition) is 2. The van der Waals surface area contributed by atoms with Gasteiger partial charge in [-0.25, -0.2) is 4.57 Å². The fourth-order valence-electron chi connectivity index (χ4n) is 0. The molecular weight excluding hydrogens is 204 g/mol. The molecule has 0 amide bonds. The second kappa shape index (κ2) is 8.91. The van der Waals surface area contributed by atoms with Gasteiger partial charge in [-0.3, -0.25) is 4.31 Å². The van der Waals surface area contributed by atoms with Crippen LogP contribution in [0.25, 0.3) is 0 Å². The minimum Gasteiger partial charge on any atom is -1.00 e. The van der Waals surface area contributed by atoms with Crippen LogP contribution in [-0.2, 0) is 8.88 Å². The smallest absolute Gasteiger partial charge is 1.00 e. The number of hydrogen-bond donors (Lipinski definition) is 2. The molecule has 42 valence electrons. The molecule has 0 fully saturated rings. The zero-order valence-electron chi connectivity index (χ0n) is 6.74. The summed E-state index contributed by atoms with van der Waals surface area (Å²) in [5.41, 5.74) is 0. The molecule has 0 aromatic rings. The van der Waals surface area contributed by atoms with E-state index >= 15 is 0 Å². The number of rotatable bonds is 1. The van der Waals surface area contributed by atoms with Crippen LogP contribution < -0.4 is 103 Å². The fourth-order valence-corrected chi connectivity index (χ4v) is 0. The molecule has 4 nitrogen and oxygen atoms in total. The molecule has 1 unspecified atom stereocenters. The molecule has 0 saturated carbocycles. The van der Waals surface area contributed by atoms with E-state index in [0.717, 1.165) is 0 Å². The Morgan fingerprint density at radius 3 is 1.62 bits per heavy atom. The van der Waals surface area contributed by atoms with E-state index in [0.29, 0.717) is 0 Å². The van der Waals surface area contributed by atoms with Gasteiger partial charge in [0, 0.05) is 9.47 Å². The molecule has 0 aromatic heterocycles. The van der Waals surface area contributed by atoms with Crippen LogP contribution >= 0.6 is 17.3 Å².